The van der Waals surface area contributed by atoms with Crippen molar-refractivity contribution in [3.8, 4) is 0 Å². The first kappa shape index (κ1) is 16.8. The first-order valence-corrected chi connectivity index (χ1v) is 8.71. The van der Waals surface area contributed by atoms with Gasteiger partial charge >= 0.3 is 0 Å². The third-order valence-electron chi connectivity index (χ3n) is 5.34. The zero-order valence-corrected chi connectivity index (χ0v) is 14.8. The maximum absolute atomic E-state index is 12.3. The molecule has 21 heavy (non-hydrogen) atoms. The molecule has 1 N–H and O–H groups in total. The third-order valence-corrected chi connectivity index (χ3v) is 5.34. The van der Waals surface area contributed by atoms with Crippen molar-refractivity contribution in [3.05, 3.63) is 0 Å². The SMILES string of the molecule is CC1CC(N2CC(NC(=O)C(C)(C)C)CC(C(C)C)C2)C1. The predicted octanol–water partition coefficient (Wildman–Crippen LogP) is 3.29. The minimum atomic E-state index is -0.291. The summed E-state index contributed by atoms with van der Waals surface area (Å²) in [6.07, 6.45) is 3.81. The number of nitrogens with one attached hydrogen (secondary N) is 1. The van der Waals surface area contributed by atoms with E-state index in [4.69, 9.17) is 0 Å². The number of piperidine rings is 1. The molecule has 1 amide bonds. The average molecular weight is 294 g/mol. The highest BCUT2D eigenvalue weighted by Crippen LogP contribution is 2.35. The molecular weight excluding hydrogens is 260 g/mol. The molecule has 0 radical (unpaired) electrons. The van der Waals surface area contributed by atoms with E-state index in [2.05, 4.69) is 31.0 Å². The normalized spacial score (nSPS) is 34.6. The highest BCUT2D eigenvalue weighted by Gasteiger charge is 2.38. The van der Waals surface area contributed by atoms with Crippen LogP contribution in [0.25, 0.3) is 0 Å². The number of hydrogen-bond acceptors (Lipinski definition) is 2. The van der Waals surface area contributed by atoms with Gasteiger partial charge in [-0.05, 0) is 37.0 Å². The molecule has 0 aromatic rings. The second-order valence-corrected chi connectivity index (χ2v) is 8.84. The van der Waals surface area contributed by atoms with E-state index in [0.29, 0.717) is 17.9 Å². The van der Waals surface area contributed by atoms with Gasteiger partial charge in [-0.25, -0.2) is 0 Å². The largest absolute Gasteiger partial charge is 0.352 e. The molecule has 1 aliphatic heterocycles. The topological polar surface area (TPSA) is 32.3 Å². The molecule has 2 atom stereocenters. The molecule has 2 aliphatic rings. The van der Waals surface area contributed by atoms with E-state index < -0.39 is 0 Å². The Labute approximate surface area is 130 Å². The van der Waals surface area contributed by atoms with E-state index in [-0.39, 0.29) is 11.3 Å². The molecule has 3 heteroatoms. The van der Waals surface area contributed by atoms with Crippen LogP contribution in [0.2, 0.25) is 0 Å². The number of likely N-dealkylation sites (tertiary alicyclic amines) is 1. The van der Waals surface area contributed by atoms with E-state index in [0.717, 1.165) is 24.9 Å². The lowest BCUT2D eigenvalue weighted by molar-refractivity contribution is -0.130. The van der Waals surface area contributed by atoms with Crippen molar-refractivity contribution in [1.82, 2.24) is 10.2 Å². The quantitative estimate of drug-likeness (QED) is 0.866. The number of nitrogens with zero attached hydrogens (tertiary/aromatic N) is 1. The molecule has 1 saturated heterocycles. The fourth-order valence-electron chi connectivity index (χ4n) is 3.62. The molecule has 1 aliphatic carbocycles. The van der Waals surface area contributed by atoms with Crippen LogP contribution in [0.3, 0.4) is 0 Å². The molecule has 1 saturated carbocycles. The van der Waals surface area contributed by atoms with E-state index in [9.17, 15) is 4.79 Å². The van der Waals surface area contributed by atoms with Gasteiger partial charge in [0.2, 0.25) is 5.91 Å². The van der Waals surface area contributed by atoms with Gasteiger partial charge in [0, 0.05) is 30.6 Å². The summed E-state index contributed by atoms with van der Waals surface area (Å²) in [6, 6.07) is 1.09. The van der Waals surface area contributed by atoms with Crippen LogP contribution < -0.4 is 5.32 Å². The van der Waals surface area contributed by atoms with Crippen LogP contribution in [0.5, 0.6) is 0 Å². The summed E-state index contributed by atoms with van der Waals surface area (Å²) in [4.78, 5) is 14.9. The molecule has 2 rings (SSSR count). The van der Waals surface area contributed by atoms with Crippen molar-refractivity contribution in [2.75, 3.05) is 13.1 Å². The van der Waals surface area contributed by atoms with Gasteiger partial charge < -0.3 is 5.32 Å². The minimum Gasteiger partial charge on any atom is -0.352 e. The molecule has 122 valence electrons. The lowest BCUT2D eigenvalue weighted by atomic mass is 9.77. The molecular formula is C18H34N2O. The lowest BCUT2D eigenvalue weighted by Gasteiger charge is -2.48. The molecule has 2 unspecified atom stereocenters. The predicted molar refractivity (Wildman–Crippen MR) is 88.1 cm³/mol. The highest BCUT2D eigenvalue weighted by atomic mass is 16.2. The Balaban J connectivity index is 1.98. The van der Waals surface area contributed by atoms with E-state index in [1.54, 1.807) is 0 Å². The number of hydrogen-bond donors (Lipinski definition) is 1. The van der Waals surface area contributed by atoms with Crippen molar-refractivity contribution < 1.29 is 4.79 Å². The van der Waals surface area contributed by atoms with Crippen LogP contribution in [0.1, 0.15) is 60.8 Å². The first-order valence-electron chi connectivity index (χ1n) is 8.71. The van der Waals surface area contributed by atoms with Crippen LogP contribution >= 0.6 is 0 Å². The van der Waals surface area contributed by atoms with Gasteiger partial charge in [-0.1, -0.05) is 41.5 Å². The first-order chi connectivity index (χ1) is 9.66. The monoisotopic (exact) mass is 294 g/mol. The number of carbonyl (C=O) groups is 1. The summed E-state index contributed by atoms with van der Waals surface area (Å²) in [6.45, 7) is 15.2. The molecule has 3 nitrogen and oxygen atoms in total. The van der Waals surface area contributed by atoms with Gasteiger partial charge in [0.15, 0.2) is 0 Å². The standard InChI is InChI=1S/C18H34N2O/c1-12(2)14-9-15(19-17(21)18(4,5)6)11-20(10-14)16-7-13(3)8-16/h12-16H,7-11H2,1-6H3,(H,19,21). The van der Waals surface area contributed by atoms with Crippen molar-refractivity contribution in [3.63, 3.8) is 0 Å². The second kappa shape index (κ2) is 6.28. The van der Waals surface area contributed by atoms with Crippen LogP contribution in [0.4, 0.5) is 0 Å². The number of rotatable bonds is 3. The van der Waals surface area contributed by atoms with Gasteiger partial charge in [-0.3, -0.25) is 9.69 Å². The van der Waals surface area contributed by atoms with Crippen LogP contribution in [0, 0.1) is 23.2 Å². The van der Waals surface area contributed by atoms with Crippen molar-refractivity contribution in [1.29, 1.82) is 0 Å². The summed E-state index contributed by atoms with van der Waals surface area (Å²) in [7, 11) is 0. The number of carbonyl (C=O) groups excluding carboxylic acids is 1. The van der Waals surface area contributed by atoms with Crippen LogP contribution in [0.15, 0.2) is 0 Å². The zero-order chi connectivity index (χ0) is 15.8. The zero-order valence-electron chi connectivity index (χ0n) is 14.8. The Bertz CT molecular complexity index is 366. The van der Waals surface area contributed by atoms with Crippen molar-refractivity contribution in [2.45, 2.75) is 72.9 Å². The van der Waals surface area contributed by atoms with Gasteiger partial charge in [-0.15, -0.1) is 0 Å². The molecule has 1 heterocycles. The molecule has 0 bridgehead atoms. The lowest BCUT2D eigenvalue weighted by Crippen LogP contribution is -2.58. The maximum atomic E-state index is 12.3. The van der Waals surface area contributed by atoms with Gasteiger partial charge in [0.25, 0.3) is 0 Å². The molecule has 2 fully saturated rings. The fourth-order valence-corrected chi connectivity index (χ4v) is 3.62. The summed E-state index contributed by atoms with van der Waals surface area (Å²) >= 11 is 0. The Hall–Kier alpha value is -0.570. The van der Waals surface area contributed by atoms with Crippen molar-refractivity contribution >= 4 is 5.91 Å². The van der Waals surface area contributed by atoms with E-state index in [1.165, 1.54) is 19.4 Å². The van der Waals surface area contributed by atoms with Crippen molar-refractivity contribution in [2.24, 2.45) is 23.2 Å². The Morgan fingerprint density at radius 2 is 1.76 bits per heavy atom. The fraction of sp³-hybridized carbons (Fsp3) is 0.944. The Morgan fingerprint density at radius 1 is 1.14 bits per heavy atom. The van der Waals surface area contributed by atoms with E-state index >= 15 is 0 Å². The summed E-state index contributed by atoms with van der Waals surface area (Å²) < 4.78 is 0. The molecule has 0 aromatic heterocycles. The highest BCUT2D eigenvalue weighted by molar-refractivity contribution is 5.81. The van der Waals surface area contributed by atoms with Gasteiger partial charge in [0.05, 0.1) is 0 Å². The summed E-state index contributed by atoms with van der Waals surface area (Å²) in [5.74, 6) is 2.48. The molecule has 0 spiro atoms. The number of amides is 1. The van der Waals surface area contributed by atoms with Gasteiger partial charge in [-0.2, -0.15) is 0 Å². The minimum absolute atomic E-state index is 0.193. The van der Waals surface area contributed by atoms with Gasteiger partial charge in [0.1, 0.15) is 0 Å². The Morgan fingerprint density at radius 3 is 2.24 bits per heavy atom. The van der Waals surface area contributed by atoms with Crippen LogP contribution in [-0.2, 0) is 4.79 Å². The second-order valence-electron chi connectivity index (χ2n) is 8.84. The Kier molecular flexibility index (Phi) is 5.02. The summed E-state index contributed by atoms with van der Waals surface area (Å²) in [5, 5.41) is 3.31. The smallest absolute Gasteiger partial charge is 0.225 e. The maximum Gasteiger partial charge on any atom is 0.225 e. The van der Waals surface area contributed by atoms with Crippen LogP contribution in [-0.4, -0.2) is 36.0 Å². The van der Waals surface area contributed by atoms with E-state index in [1.807, 2.05) is 20.8 Å². The third kappa shape index (κ3) is 4.21. The molecule has 0 aromatic carbocycles. The average Bonchev–Trinajstić information content (AvgIpc) is 2.33. The summed E-state index contributed by atoms with van der Waals surface area (Å²) in [5.41, 5.74) is -0.291.